The molecule has 152 valence electrons. The molecule has 0 spiro atoms. The molecule has 1 N–H and O–H groups in total. The van der Waals surface area contributed by atoms with Crippen molar-refractivity contribution in [2.45, 2.75) is 11.8 Å². The first-order valence-corrected chi connectivity index (χ1v) is 10.3. The summed E-state index contributed by atoms with van der Waals surface area (Å²) >= 11 is 0. The lowest BCUT2D eigenvalue weighted by Gasteiger charge is -2.13. The second-order valence-corrected chi connectivity index (χ2v) is 7.54. The number of anilines is 1. The van der Waals surface area contributed by atoms with Crippen LogP contribution in [0.15, 0.2) is 59.5 Å². The zero-order valence-corrected chi connectivity index (χ0v) is 17.1. The van der Waals surface area contributed by atoms with Gasteiger partial charge < -0.3 is 14.2 Å². The highest BCUT2D eigenvalue weighted by atomic mass is 32.2. The highest BCUT2D eigenvalue weighted by molar-refractivity contribution is 7.92. The molecule has 0 saturated heterocycles. The fraction of sp³-hybridized carbons (Fsp3) is 0.200. The first-order valence-electron chi connectivity index (χ1n) is 8.78. The van der Waals surface area contributed by atoms with E-state index in [1.165, 1.54) is 20.3 Å². The fourth-order valence-corrected chi connectivity index (χ4v) is 3.88. The molecule has 9 heteroatoms. The Morgan fingerprint density at radius 3 is 2.45 bits per heavy atom. The van der Waals surface area contributed by atoms with Gasteiger partial charge in [-0.05, 0) is 37.3 Å². The fourth-order valence-electron chi connectivity index (χ4n) is 2.65. The second kappa shape index (κ2) is 8.78. The van der Waals surface area contributed by atoms with E-state index in [1.54, 1.807) is 42.5 Å². The Bertz CT molecular complexity index is 1090. The van der Waals surface area contributed by atoms with Gasteiger partial charge in [-0.3, -0.25) is 4.72 Å². The molecule has 29 heavy (non-hydrogen) atoms. The van der Waals surface area contributed by atoms with Crippen LogP contribution in [0.2, 0.25) is 0 Å². The summed E-state index contributed by atoms with van der Waals surface area (Å²) in [7, 11) is -1.04. The lowest BCUT2D eigenvalue weighted by Crippen LogP contribution is -2.14. The normalized spacial score (nSPS) is 11.0. The number of rotatable bonds is 8. The number of hydrogen-bond acceptors (Lipinski definition) is 7. The van der Waals surface area contributed by atoms with Gasteiger partial charge in [0, 0.05) is 23.4 Å². The SMILES string of the molecule is CCOc1ccc(-c2cccc(NS(=O)(=O)c3cc(OC)ccc3OC)c2)nn1. The molecule has 0 aliphatic carbocycles. The van der Waals surface area contributed by atoms with Crippen LogP contribution in [0.3, 0.4) is 0 Å². The van der Waals surface area contributed by atoms with E-state index in [0.717, 1.165) is 0 Å². The molecular formula is C20H21N3O5S. The molecule has 0 aliphatic rings. The molecule has 2 aromatic carbocycles. The van der Waals surface area contributed by atoms with E-state index in [1.807, 2.05) is 13.0 Å². The van der Waals surface area contributed by atoms with Gasteiger partial charge in [0.1, 0.15) is 16.4 Å². The first-order chi connectivity index (χ1) is 14.0. The van der Waals surface area contributed by atoms with Crippen molar-refractivity contribution in [2.75, 3.05) is 25.5 Å². The monoisotopic (exact) mass is 415 g/mol. The molecule has 0 atom stereocenters. The van der Waals surface area contributed by atoms with E-state index in [0.29, 0.717) is 35.2 Å². The van der Waals surface area contributed by atoms with Crippen LogP contribution in [-0.2, 0) is 10.0 Å². The minimum absolute atomic E-state index is 0.0226. The van der Waals surface area contributed by atoms with Gasteiger partial charge in [-0.25, -0.2) is 8.42 Å². The Morgan fingerprint density at radius 2 is 1.79 bits per heavy atom. The molecule has 0 fully saturated rings. The second-order valence-electron chi connectivity index (χ2n) is 5.89. The average molecular weight is 415 g/mol. The van der Waals surface area contributed by atoms with Crippen LogP contribution < -0.4 is 18.9 Å². The number of methoxy groups -OCH3 is 2. The summed E-state index contributed by atoms with van der Waals surface area (Å²) in [6.45, 7) is 2.36. The number of sulfonamides is 1. The van der Waals surface area contributed by atoms with E-state index < -0.39 is 10.0 Å². The first kappa shape index (κ1) is 20.4. The lowest BCUT2D eigenvalue weighted by molar-refractivity contribution is 0.323. The van der Waals surface area contributed by atoms with Gasteiger partial charge in [-0.15, -0.1) is 10.2 Å². The van der Waals surface area contributed by atoms with Gasteiger partial charge >= 0.3 is 0 Å². The van der Waals surface area contributed by atoms with Gasteiger partial charge in [-0.2, -0.15) is 0 Å². The largest absolute Gasteiger partial charge is 0.497 e. The summed E-state index contributed by atoms with van der Waals surface area (Å²) in [6, 6.07) is 14.9. The number of hydrogen-bond donors (Lipinski definition) is 1. The smallest absolute Gasteiger partial charge is 0.265 e. The number of ether oxygens (including phenoxy) is 3. The molecule has 8 nitrogen and oxygen atoms in total. The van der Waals surface area contributed by atoms with Crippen molar-refractivity contribution >= 4 is 15.7 Å². The number of nitrogens with one attached hydrogen (secondary N) is 1. The summed E-state index contributed by atoms with van der Waals surface area (Å²) in [5, 5.41) is 8.12. The van der Waals surface area contributed by atoms with Crippen LogP contribution in [-0.4, -0.2) is 39.4 Å². The topological polar surface area (TPSA) is 99.6 Å². The van der Waals surface area contributed by atoms with E-state index in [9.17, 15) is 8.42 Å². The maximum absolute atomic E-state index is 12.9. The van der Waals surface area contributed by atoms with Gasteiger partial charge in [0.05, 0.1) is 26.5 Å². The molecule has 1 heterocycles. The Labute approximate surface area is 169 Å². The highest BCUT2D eigenvalue weighted by Crippen LogP contribution is 2.30. The molecule has 0 bridgehead atoms. The predicted octanol–water partition coefficient (Wildman–Crippen LogP) is 3.36. The number of benzene rings is 2. The molecule has 3 aromatic rings. The molecule has 0 radical (unpaired) electrons. The molecular weight excluding hydrogens is 394 g/mol. The Kier molecular flexibility index (Phi) is 6.18. The van der Waals surface area contributed by atoms with Gasteiger partial charge in [0.2, 0.25) is 5.88 Å². The molecule has 3 rings (SSSR count). The van der Waals surface area contributed by atoms with Crippen LogP contribution in [0.4, 0.5) is 5.69 Å². The quantitative estimate of drug-likeness (QED) is 0.602. The number of aromatic nitrogens is 2. The van der Waals surface area contributed by atoms with Crippen molar-refractivity contribution in [1.82, 2.24) is 10.2 Å². The maximum atomic E-state index is 12.9. The highest BCUT2D eigenvalue weighted by Gasteiger charge is 2.21. The molecule has 1 aromatic heterocycles. The van der Waals surface area contributed by atoms with Crippen LogP contribution in [0.1, 0.15) is 6.92 Å². The molecule has 0 saturated carbocycles. The van der Waals surface area contributed by atoms with Gasteiger partial charge in [0.25, 0.3) is 10.0 Å². The minimum Gasteiger partial charge on any atom is -0.497 e. The van der Waals surface area contributed by atoms with Crippen LogP contribution >= 0.6 is 0 Å². The Balaban J connectivity index is 1.90. The van der Waals surface area contributed by atoms with Crippen molar-refractivity contribution in [3.63, 3.8) is 0 Å². The van der Waals surface area contributed by atoms with Crippen molar-refractivity contribution in [1.29, 1.82) is 0 Å². The zero-order valence-electron chi connectivity index (χ0n) is 16.2. The third kappa shape index (κ3) is 4.75. The third-order valence-corrected chi connectivity index (χ3v) is 5.41. The Hall–Kier alpha value is -3.33. The zero-order chi connectivity index (χ0) is 20.9. The molecule has 0 aliphatic heterocycles. The van der Waals surface area contributed by atoms with Crippen LogP contribution in [0.5, 0.6) is 17.4 Å². The molecule has 0 amide bonds. The van der Waals surface area contributed by atoms with Crippen LogP contribution in [0, 0.1) is 0 Å². The van der Waals surface area contributed by atoms with Crippen LogP contribution in [0.25, 0.3) is 11.3 Å². The standard InChI is InChI=1S/C20H21N3O5S/c1-4-28-20-11-9-17(21-22-20)14-6-5-7-15(12-14)23-29(24,25)19-13-16(26-2)8-10-18(19)27-3/h5-13,23H,4H2,1-3H3. The number of nitrogens with zero attached hydrogens (tertiary/aromatic N) is 2. The predicted molar refractivity (Wildman–Crippen MR) is 109 cm³/mol. The summed E-state index contributed by atoms with van der Waals surface area (Å²) in [5.74, 6) is 1.05. The van der Waals surface area contributed by atoms with Gasteiger partial charge in [-0.1, -0.05) is 12.1 Å². The maximum Gasteiger partial charge on any atom is 0.265 e. The van der Waals surface area contributed by atoms with Crippen molar-refractivity contribution < 1.29 is 22.6 Å². The minimum atomic E-state index is -3.91. The summed E-state index contributed by atoms with van der Waals surface area (Å²) in [6.07, 6.45) is 0. The van der Waals surface area contributed by atoms with Crippen molar-refractivity contribution in [3.05, 3.63) is 54.6 Å². The van der Waals surface area contributed by atoms with E-state index >= 15 is 0 Å². The van der Waals surface area contributed by atoms with Crippen molar-refractivity contribution in [2.24, 2.45) is 0 Å². The van der Waals surface area contributed by atoms with E-state index in [2.05, 4.69) is 14.9 Å². The summed E-state index contributed by atoms with van der Waals surface area (Å²) in [5.41, 5.74) is 1.68. The average Bonchev–Trinajstić information content (AvgIpc) is 2.74. The van der Waals surface area contributed by atoms with Gasteiger partial charge in [0.15, 0.2) is 0 Å². The Morgan fingerprint density at radius 1 is 0.966 bits per heavy atom. The van der Waals surface area contributed by atoms with E-state index in [-0.39, 0.29) is 10.6 Å². The lowest BCUT2D eigenvalue weighted by atomic mass is 10.1. The summed E-state index contributed by atoms with van der Waals surface area (Å²) in [4.78, 5) is -0.0226. The third-order valence-electron chi connectivity index (χ3n) is 4.00. The summed E-state index contributed by atoms with van der Waals surface area (Å²) < 4.78 is 44.0. The van der Waals surface area contributed by atoms with E-state index in [4.69, 9.17) is 14.2 Å². The molecule has 0 unspecified atom stereocenters. The van der Waals surface area contributed by atoms with Crippen molar-refractivity contribution in [3.8, 4) is 28.6 Å².